The van der Waals surface area contributed by atoms with Crippen molar-refractivity contribution in [3.63, 3.8) is 0 Å². The minimum absolute atomic E-state index is 0.138. The monoisotopic (exact) mass is 361 g/mol. The molecule has 134 valence electrons. The lowest BCUT2D eigenvalue weighted by Crippen LogP contribution is -2.37. The number of carbonyl (C=O) groups is 1. The van der Waals surface area contributed by atoms with Crippen LogP contribution >= 0.6 is 0 Å². The Morgan fingerprint density at radius 2 is 1.64 bits per heavy atom. The Morgan fingerprint density at radius 1 is 1.04 bits per heavy atom. The molecule has 5 nitrogen and oxygen atoms in total. The first-order valence-electron chi connectivity index (χ1n) is 8.06. The Kier molecular flexibility index (Phi) is 5.85. The molecule has 0 unspecified atom stereocenters. The Labute approximate surface area is 149 Å². The second-order valence-corrected chi connectivity index (χ2v) is 8.01. The van der Waals surface area contributed by atoms with E-state index in [2.05, 4.69) is 0 Å². The molecule has 0 saturated heterocycles. The van der Waals surface area contributed by atoms with Gasteiger partial charge in [-0.3, -0.25) is 9.10 Å². The van der Waals surface area contributed by atoms with Crippen molar-refractivity contribution < 1.29 is 17.9 Å². The van der Waals surface area contributed by atoms with Gasteiger partial charge in [-0.1, -0.05) is 35.9 Å². The first-order valence-corrected chi connectivity index (χ1v) is 9.50. The van der Waals surface area contributed by atoms with Crippen LogP contribution in [-0.2, 0) is 19.6 Å². The van der Waals surface area contributed by atoms with Gasteiger partial charge in [0.1, 0.15) is 6.54 Å². The normalized spacial score (nSPS) is 11.4. The molecule has 0 bridgehead atoms. The minimum Gasteiger partial charge on any atom is -0.462 e. The molecule has 6 heteroatoms. The molecular weight excluding hydrogens is 338 g/mol. The van der Waals surface area contributed by atoms with Gasteiger partial charge in [-0.25, -0.2) is 8.42 Å². The Morgan fingerprint density at radius 3 is 2.20 bits per heavy atom. The van der Waals surface area contributed by atoms with Gasteiger partial charge in [-0.05, 0) is 51.5 Å². The molecule has 0 fully saturated rings. The van der Waals surface area contributed by atoms with E-state index in [1.54, 1.807) is 63.2 Å². The van der Waals surface area contributed by atoms with E-state index in [4.69, 9.17) is 4.74 Å². The van der Waals surface area contributed by atoms with Crippen molar-refractivity contribution in [3.05, 3.63) is 59.7 Å². The van der Waals surface area contributed by atoms with Gasteiger partial charge in [-0.15, -0.1) is 0 Å². The van der Waals surface area contributed by atoms with Crippen LogP contribution in [0.5, 0.6) is 0 Å². The average molecular weight is 361 g/mol. The lowest BCUT2D eigenvalue weighted by molar-refractivity contribution is -0.145. The SMILES string of the molecule is Cc1ccc(S(=O)(=O)N(CC(=O)OC(C)C)c2ccccc2C)cc1. The highest BCUT2D eigenvalue weighted by molar-refractivity contribution is 7.92. The summed E-state index contributed by atoms with van der Waals surface area (Å²) in [5.74, 6) is -0.589. The van der Waals surface area contributed by atoms with Crippen LogP contribution in [-0.4, -0.2) is 27.0 Å². The van der Waals surface area contributed by atoms with Crippen LogP contribution in [0.1, 0.15) is 25.0 Å². The molecule has 0 saturated carbocycles. The number of benzene rings is 2. The zero-order valence-corrected chi connectivity index (χ0v) is 15.7. The maximum atomic E-state index is 13.1. The van der Waals surface area contributed by atoms with Gasteiger partial charge in [0.15, 0.2) is 0 Å². The summed E-state index contributed by atoms with van der Waals surface area (Å²) < 4.78 is 32.5. The van der Waals surface area contributed by atoms with Crippen LogP contribution in [0.15, 0.2) is 53.4 Å². The molecule has 2 rings (SSSR count). The highest BCUT2D eigenvalue weighted by atomic mass is 32.2. The molecule has 2 aromatic rings. The number of carbonyl (C=O) groups excluding carboxylic acids is 1. The van der Waals surface area contributed by atoms with Crippen LogP contribution in [0.2, 0.25) is 0 Å². The Hall–Kier alpha value is -2.34. The van der Waals surface area contributed by atoms with E-state index in [-0.39, 0.29) is 17.5 Å². The molecule has 0 atom stereocenters. The third-order valence-electron chi connectivity index (χ3n) is 3.63. The van der Waals surface area contributed by atoms with Crippen molar-refractivity contribution in [1.82, 2.24) is 0 Å². The molecule has 0 aliphatic heterocycles. The van der Waals surface area contributed by atoms with Crippen molar-refractivity contribution in [1.29, 1.82) is 0 Å². The number of para-hydroxylation sites is 1. The summed E-state index contributed by atoms with van der Waals surface area (Å²) in [6, 6.07) is 13.6. The lowest BCUT2D eigenvalue weighted by atomic mass is 10.2. The topological polar surface area (TPSA) is 63.7 Å². The summed E-state index contributed by atoms with van der Waals surface area (Å²) in [4.78, 5) is 12.3. The summed E-state index contributed by atoms with van der Waals surface area (Å²) >= 11 is 0. The van der Waals surface area contributed by atoms with Crippen molar-refractivity contribution in [2.24, 2.45) is 0 Å². The zero-order valence-electron chi connectivity index (χ0n) is 14.9. The molecule has 25 heavy (non-hydrogen) atoms. The fourth-order valence-corrected chi connectivity index (χ4v) is 3.87. The van der Waals surface area contributed by atoms with Gasteiger partial charge < -0.3 is 4.74 Å². The fraction of sp³-hybridized carbons (Fsp3) is 0.316. The molecule has 0 aliphatic carbocycles. The predicted octanol–water partition coefficient (Wildman–Crippen LogP) is 3.45. The molecule has 0 amide bonds. The van der Waals surface area contributed by atoms with Gasteiger partial charge in [0.05, 0.1) is 16.7 Å². The van der Waals surface area contributed by atoms with Crippen LogP contribution in [0.25, 0.3) is 0 Å². The number of esters is 1. The molecule has 0 aliphatic rings. The quantitative estimate of drug-likeness (QED) is 0.739. The number of sulfonamides is 1. The summed E-state index contributed by atoms with van der Waals surface area (Å²) in [6.07, 6.45) is -0.312. The van der Waals surface area contributed by atoms with Crippen LogP contribution < -0.4 is 4.31 Å². The van der Waals surface area contributed by atoms with Crippen molar-refractivity contribution in [3.8, 4) is 0 Å². The second-order valence-electron chi connectivity index (χ2n) is 6.15. The standard InChI is InChI=1S/C19H23NO4S/c1-14(2)24-19(21)13-20(18-8-6-5-7-16(18)4)25(22,23)17-11-9-15(3)10-12-17/h5-12,14H,13H2,1-4H3. The second kappa shape index (κ2) is 7.70. The van der Waals surface area contributed by atoms with E-state index in [0.29, 0.717) is 5.69 Å². The largest absolute Gasteiger partial charge is 0.462 e. The van der Waals surface area contributed by atoms with E-state index in [0.717, 1.165) is 15.4 Å². The van der Waals surface area contributed by atoms with E-state index in [9.17, 15) is 13.2 Å². The van der Waals surface area contributed by atoms with Gasteiger partial charge in [-0.2, -0.15) is 0 Å². The summed E-state index contributed by atoms with van der Waals surface area (Å²) in [6.45, 7) is 6.77. The first-order chi connectivity index (χ1) is 11.7. The van der Waals surface area contributed by atoms with E-state index in [1.165, 1.54) is 0 Å². The molecule has 0 heterocycles. The number of rotatable bonds is 6. The fourth-order valence-electron chi connectivity index (χ4n) is 2.40. The number of anilines is 1. The molecule has 0 radical (unpaired) electrons. The highest BCUT2D eigenvalue weighted by Crippen LogP contribution is 2.27. The highest BCUT2D eigenvalue weighted by Gasteiger charge is 2.28. The maximum absolute atomic E-state index is 13.1. The van der Waals surface area contributed by atoms with Gasteiger partial charge in [0, 0.05) is 0 Å². The third-order valence-corrected chi connectivity index (χ3v) is 5.41. The van der Waals surface area contributed by atoms with Crippen molar-refractivity contribution in [2.75, 3.05) is 10.8 Å². The van der Waals surface area contributed by atoms with Gasteiger partial charge in [0.25, 0.3) is 10.0 Å². The van der Waals surface area contributed by atoms with Crippen LogP contribution in [0, 0.1) is 13.8 Å². The third kappa shape index (κ3) is 4.60. The van der Waals surface area contributed by atoms with Gasteiger partial charge in [0.2, 0.25) is 0 Å². The smallest absolute Gasteiger partial charge is 0.327 e. The van der Waals surface area contributed by atoms with Crippen molar-refractivity contribution >= 4 is 21.7 Å². The van der Waals surface area contributed by atoms with Crippen LogP contribution in [0.4, 0.5) is 5.69 Å². The van der Waals surface area contributed by atoms with E-state index < -0.39 is 16.0 Å². The van der Waals surface area contributed by atoms with Crippen molar-refractivity contribution in [2.45, 2.75) is 38.7 Å². The lowest BCUT2D eigenvalue weighted by Gasteiger charge is -2.25. The Bertz CT molecular complexity index is 842. The first kappa shape index (κ1) is 19.0. The predicted molar refractivity (Wildman–Crippen MR) is 98.1 cm³/mol. The number of hydrogen-bond donors (Lipinski definition) is 0. The average Bonchev–Trinajstić information content (AvgIpc) is 2.53. The number of hydrogen-bond acceptors (Lipinski definition) is 4. The van der Waals surface area contributed by atoms with E-state index >= 15 is 0 Å². The van der Waals surface area contributed by atoms with Gasteiger partial charge >= 0.3 is 5.97 Å². The Balaban J connectivity index is 2.48. The molecule has 0 aromatic heterocycles. The summed E-state index contributed by atoms with van der Waals surface area (Å²) in [5, 5.41) is 0. The van der Waals surface area contributed by atoms with Crippen LogP contribution in [0.3, 0.4) is 0 Å². The molecule has 0 spiro atoms. The molecule has 2 aromatic carbocycles. The minimum atomic E-state index is -3.89. The summed E-state index contributed by atoms with van der Waals surface area (Å²) in [5.41, 5.74) is 2.18. The van der Waals surface area contributed by atoms with E-state index in [1.807, 2.05) is 13.0 Å². The number of nitrogens with zero attached hydrogens (tertiary/aromatic N) is 1. The molecular formula is C19H23NO4S. The number of aryl methyl sites for hydroxylation is 2. The summed E-state index contributed by atoms with van der Waals surface area (Å²) in [7, 11) is -3.89. The molecule has 0 N–H and O–H groups in total. The zero-order chi connectivity index (χ0) is 18.6. The maximum Gasteiger partial charge on any atom is 0.327 e. The number of ether oxygens (including phenoxy) is 1.